The van der Waals surface area contributed by atoms with Crippen molar-refractivity contribution in [1.82, 2.24) is 5.32 Å². The fourth-order valence-corrected chi connectivity index (χ4v) is 1.35. The molecule has 1 atom stereocenters. The van der Waals surface area contributed by atoms with Crippen LogP contribution in [0, 0.1) is 10.1 Å². The number of hydrogen-bond donors (Lipinski definition) is 2. The maximum Gasteiger partial charge on any atom is 0.271 e. The summed E-state index contributed by atoms with van der Waals surface area (Å²) >= 11 is 0. The molecule has 1 unspecified atom stereocenters. The third-order valence-electron chi connectivity index (χ3n) is 2.18. The van der Waals surface area contributed by atoms with Gasteiger partial charge in [-0.1, -0.05) is 6.07 Å². The van der Waals surface area contributed by atoms with Crippen molar-refractivity contribution in [1.29, 1.82) is 0 Å². The Morgan fingerprint density at radius 2 is 2.24 bits per heavy atom. The fraction of sp³-hybridized carbons (Fsp3) is 0.364. The average molecular weight is 237 g/mol. The van der Waals surface area contributed by atoms with Gasteiger partial charge in [0, 0.05) is 24.4 Å². The molecule has 0 heterocycles. The van der Waals surface area contributed by atoms with Gasteiger partial charge in [0.15, 0.2) is 0 Å². The number of amides is 1. The molecule has 6 heteroatoms. The van der Waals surface area contributed by atoms with Crippen molar-refractivity contribution in [2.75, 3.05) is 11.9 Å². The molecule has 0 spiro atoms. The summed E-state index contributed by atoms with van der Waals surface area (Å²) < 4.78 is 0. The summed E-state index contributed by atoms with van der Waals surface area (Å²) in [6.45, 7) is 4.08. The number of anilines is 1. The highest BCUT2D eigenvalue weighted by atomic mass is 16.6. The SMILES string of the molecule is CCNC(=O)C(C)Nc1cccc([N+](=O)[O-])c1. The lowest BCUT2D eigenvalue weighted by atomic mass is 10.2. The van der Waals surface area contributed by atoms with E-state index in [1.54, 1.807) is 19.1 Å². The zero-order valence-electron chi connectivity index (χ0n) is 9.77. The molecule has 0 radical (unpaired) electrons. The van der Waals surface area contributed by atoms with Crippen LogP contribution in [0.4, 0.5) is 11.4 Å². The van der Waals surface area contributed by atoms with E-state index in [1.807, 2.05) is 6.92 Å². The second-order valence-electron chi connectivity index (χ2n) is 3.57. The van der Waals surface area contributed by atoms with Crippen molar-refractivity contribution < 1.29 is 9.72 Å². The minimum Gasteiger partial charge on any atom is -0.374 e. The molecule has 2 N–H and O–H groups in total. The predicted molar refractivity (Wildman–Crippen MR) is 64.9 cm³/mol. The predicted octanol–water partition coefficient (Wildman–Crippen LogP) is 1.53. The molecule has 0 saturated carbocycles. The molecule has 1 rings (SSSR count). The topological polar surface area (TPSA) is 84.3 Å². The molecule has 1 aromatic rings. The van der Waals surface area contributed by atoms with E-state index in [0.717, 1.165) is 0 Å². The van der Waals surface area contributed by atoms with Crippen LogP contribution >= 0.6 is 0 Å². The Kier molecular flexibility index (Phi) is 4.45. The molecule has 0 fully saturated rings. The quantitative estimate of drug-likeness (QED) is 0.600. The average Bonchev–Trinajstić information content (AvgIpc) is 2.29. The lowest BCUT2D eigenvalue weighted by molar-refractivity contribution is -0.384. The van der Waals surface area contributed by atoms with Gasteiger partial charge in [0.05, 0.1) is 4.92 Å². The lowest BCUT2D eigenvalue weighted by Gasteiger charge is -2.14. The minimum absolute atomic E-state index is 0.00176. The summed E-state index contributed by atoms with van der Waals surface area (Å²) in [6.07, 6.45) is 0. The zero-order chi connectivity index (χ0) is 12.8. The van der Waals surface area contributed by atoms with E-state index in [4.69, 9.17) is 0 Å². The summed E-state index contributed by atoms with van der Waals surface area (Å²) in [4.78, 5) is 21.6. The van der Waals surface area contributed by atoms with E-state index in [9.17, 15) is 14.9 Å². The van der Waals surface area contributed by atoms with Crippen LogP contribution in [0.2, 0.25) is 0 Å². The number of likely N-dealkylation sites (N-methyl/N-ethyl adjacent to an activating group) is 1. The van der Waals surface area contributed by atoms with Crippen molar-refractivity contribution >= 4 is 17.3 Å². The Morgan fingerprint density at radius 1 is 1.53 bits per heavy atom. The van der Waals surface area contributed by atoms with Crippen LogP contribution in [-0.2, 0) is 4.79 Å². The highest BCUT2D eigenvalue weighted by molar-refractivity contribution is 5.84. The van der Waals surface area contributed by atoms with Crippen LogP contribution in [0.5, 0.6) is 0 Å². The maximum atomic E-state index is 11.5. The highest BCUT2D eigenvalue weighted by Gasteiger charge is 2.12. The van der Waals surface area contributed by atoms with Crippen LogP contribution in [0.3, 0.4) is 0 Å². The van der Waals surface area contributed by atoms with Gasteiger partial charge in [0.25, 0.3) is 5.69 Å². The first-order valence-corrected chi connectivity index (χ1v) is 5.33. The molecule has 17 heavy (non-hydrogen) atoms. The lowest BCUT2D eigenvalue weighted by Crippen LogP contribution is -2.37. The molecule has 92 valence electrons. The molecule has 6 nitrogen and oxygen atoms in total. The van der Waals surface area contributed by atoms with Gasteiger partial charge in [-0.2, -0.15) is 0 Å². The minimum atomic E-state index is -0.470. The molecule has 0 aliphatic heterocycles. The number of nitrogens with one attached hydrogen (secondary N) is 2. The molecule has 1 amide bonds. The van der Waals surface area contributed by atoms with Gasteiger partial charge in [-0.05, 0) is 19.9 Å². The number of carbonyl (C=O) groups excluding carboxylic acids is 1. The first-order valence-electron chi connectivity index (χ1n) is 5.33. The number of nitrogens with zero attached hydrogens (tertiary/aromatic N) is 1. The Labute approximate surface area is 99.2 Å². The van der Waals surface area contributed by atoms with Crippen LogP contribution in [0.25, 0.3) is 0 Å². The van der Waals surface area contributed by atoms with Gasteiger partial charge >= 0.3 is 0 Å². The summed E-state index contributed by atoms with van der Waals surface area (Å²) in [7, 11) is 0. The Hall–Kier alpha value is -2.11. The van der Waals surface area contributed by atoms with Crippen LogP contribution in [-0.4, -0.2) is 23.4 Å². The van der Waals surface area contributed by atoms with Gasteiger partial charge in [-0.15, -0.1) is 0 Å². The number of rotatable bonds is 5. The number of non-ortho nitro benzene ring substituents is 1. The van der Waals surface area contributed by atoms with Gasteiger partial charge in [0.2, 0.25) is 5.91 Å². The van der Waals surface area contributed by atoms with E-state index in [1.165, 1.54) is 12.1 Å². The second-order valence-corrected chi connectivity index (χ2v) is 3.57. The molecule has 0 saturated heterocycles. The van der Waals surface area contributed by atoms with Crippen molar-refractivity contribution in [3.8, 4) is 0 Å². The van der Waals surface area contributed by atoms with Crippen molar-refractivity contribution in [3.05, 3.63) is 34.4 Å². The molecule has 0 aliphatic carbocycles. The van der Waals surface area contributed by atoms with E-state index in [-0.39, 0.29) is 11.6 Å². The first kappa shape index (κ1) is 13.0. The number of hydrogen-bond acceptors (Lipinski definition) is 4. The van der Waals surface area contributed by atoms with Crippen molar-refractivity contribution in [3.63, 3.8) is 0 Å². The van der Waals surface area contributed by atoms with Gasteiger partial charge < -0.3 is 10.6 Å². The van der Waals surface area contributed by atoms with Crippen molar-refractivity contribution in [2.45, 2.75) is 19.9 Å². The Bertz CT molecular complexity index is 420. The number of benzene rings is 1. The molecule has 1 aromatic carbocycles. The van der Waals surface area contributed by atoms with Crippen molar-refractivity contribution in [2.24, 2.45) is 0 Å². The van der Waals surface area contributed by atoms with E-state index in [2.05, 4.69) is 10.6 Å². The van der Waals surface area contributed by atoms with Crippen LogP contribution in [0.15, 0.2) is 24.3 Å². The summed E-state index contributed by atoms with van der Waals surface area (Å²) in [5.74, 6) is -0.140. The molecular weight excluding hydrogens is 222 g/mol. The Balaban J connectivity index is 2.71. The Morgan fingerprint density at radius 3 is 2.82 bits per heavy atom. The fourth-order valence-electron chi connectivity index (χ4n) is 1.35. The van der Waals surface area contributed by atoms with E-state index >= 15 is 0 Å². The number of nitro benzene ring substituents is 1. The van der Waals surface area contributed by atoms with Gasteiger partial charge in [-0.3, -0.25) is 14.9 Å². The van der Waals surface area contributed by atoms with Gasteiger partial charge in [0.1, 0.15) is 6.04 Å². The summed E-state index contributed by atoms with van der Waals surface area (Å²) in [5, 5.41) is 16.1. The second kappa shape index (κ2) is 5.83. The van der Waals surface area contributed by atoms with E-state index in [0.29, 0.717) is 12.2 Å². The summed E-state index contributed by atoms with van der Waals surface area (Å²) in [6, 6.07) is 5.63. The largest absolute Gasteiger partial charge is 0.374 e. The molecule has 0 aromatic heterocycles. The third-order valence-corrected chi connectivity index (χ3v) is 2.18. The summed E-state index contributed by atoms with van der Waals surface area (Å²) in [5.41, 5.74) is 0.552. The van der Waals surface area contributed by atoms with Gasteiger partial charge in [-0.25, -0.2) is 0 Å². The van der Waals surface area contributed by atoms with E-state index < -0.39 is 11.0 Å². The van der Waals surface area contributed by atoms with Crippen LogP contribution in [0.1, 0.15) is 13.8 Å². The zero-order valence-corrected chi connectivity index (χ0v) is 9.77. The number of nitro groups is 1. The third kappa shape index (κ3) is 3.75. The number of carbonyl (C=O) groups is 1. The molecule has 0 bridgehead atoms. The molecular formula is C11H15N3O3. The van der Waals surface area contributed by atoms with Crippen LogP contribution < -0.4 is 10.6 Å². The molecule has 0 aliphatic rings. The standard InChI is InChI=1S/C11H15N3O3/c1-3-12-11(15)8(2)13-9-5-4-6-10(7-9)14(16)17/h4-8,13H,3H2,1-2H3,(H,12,15). The first-order chi connectivity index (χ1) is 8.04. The maximum absolute atomic E-state index is 11.5. The highest BCUT2D eigenvalue weighted by Crippen LogP contribution is 2.17. The smallest absolute Gasteiger partial charge is 0.271 e. The monoisotopic (exact) mass is 237 g/mol. The normalized spacial score (nSPS) is 11.6.